The van der Waals surface area contributed by atoms with Crippen molar-refractivity contribution in [3.8, 4) is 11.5 Å². The third-order valence-corrected chi connectivity index (χ3v) is 4.95. The zero-order chi connectivity index (χ0) is 17.1. The smallest absolute Gasteiger partial charge is 0.216 e. The van der Waals surface area contributed by atoms with Crippen LogP contribution in [-0.4, -0.2) is 33.3 Å². The highest BCUT2D eigenvalue weighted by atomic mass is 35.5. The van der Waals surface area contributed by atoms with Crippen LogP contribution in [0.1, 0.15) is 49.4 Å². The van der Waals surface area contributed by atoms with Gasteiger partial charge in [0.15, 0.2) is 17.3 Å². The Hall–Kier alpha value is -1.86. The number of phenolic OH excluding ortho intramolecular Hbond substituents is 1. The number of H-pyrrole nitrogens is 1. The van der Waals surface area contributed by atoms with E-state index in [4.69, 9.17) is 28.6 Å². The summed E-state index contributed by atoms with van der Waals surface area (Å²) < 4.78 is 7.12. The molecule has 1 aliphatic rings. The molecule has 128 valence electrons. The number of ether oxygens (including phenoxy) is 1. The molecule has 6 nitrogen and oxygen atoms in total. The van der Waals surface area contributed by atoms with E-state index in [0.717, 1.165) is 18.7 Å². The summed E-state index contributed by atoms with van der Waals surface area (Å²) in [5.74, 6) is 1.43. The van der Waals surface area contributed by atoms with E-state index in [2.05, 4.69) is 15.3 Å². The lowest BCUT2D eigenvalue weighted by molar-refractivity contribution is 0.373. The van der Waals surface area contributed by atoms with E-state index in [0.29, 0.717) is 22.0 Å². The molecule has 1 saturated carbocycles. The van der Waals surface area contributed by atoms with Crippen molar-refractivity contribution in [1.29, 1.82) is 0 Å². The molecular formula is C16H19ClN4O2S. The molecule has 1 fully saturated rings. The van der Waals surface area contributed by atoms with Crippen molar-refractivity contribution in [2.75, 3.05) is 7.11 Å². The first-order valence-corrected chi connectivity index (χ1v) is 8.67. The summed E-state index contributed by atoms with van der Waals surface area (Å²) in [6.45, 7) is 0. The van der Waals surface area contributed by atoms with Crippen molar-refractivity contribution in [3.63, 3.8) is 0 Å². The number of nitrogens with one attached hydrogen (secondary N) is 1. The highest BCUT2D eigenvalue weighted by Crippen LogP contribution is 2.35. The molecule has 1 heterocycles. The summed E-state index contributed by atoms with van der Waals surface area (Å²) in [7, 11) is 1.47. The molecule has 0 bridgehead atoms. The number of hydrogen-bond acceptors (Lipinski definition) is 5. The number of aromatic nitrogens is 3. The standard InChI is InChI=1S/C16H19ClN4O2S/c1-23-12-8-7-11(13(17)14(12)22)9-18-21-15(19-20-16(21)24)10-5-3-2-4-6-10/h7-10,22H,2-6H2,1H3,(H,20,24)/b18-9-. The van der Waals surface area contributed by atoms with Crippen LogP contribution in [0, 0.1) is 4.77 Å². The van der Waals surface area contributed by atoms with Crippen molar-refractivity contribution in [1.82, 2.24) is 14.9 Å². The van der Waals surface area contributed by atoms with Crippen molar-refractivity contribution in [2.45, 2.75) is 38.0 Å². The maximum Gasteiger partial charge on any atom is 0.216 e. The fourth-order valence-corrected chi connectivity index (χ4v) is 3.38. The van der Waals surface area contributed by atoms with E-state index in [9.17, 15) is 5.11 Å². The molecule has 0 unspecified atom stereocenters. The number of halogens is 1. The lowest BCUT2D eigenvalue weighted by Crippen LogP contribution is -2.10. The normalized spacial score (nSPS) is 15.9. The SMILES string of the molecule is COc1ccc(/C=N\n2c(C3CCCCC3)n[nH]c2=S)c(Cl)c1O. The molecule has 8 heteroatoms. The summed E-state index contributed by atoms with van der Waals surface area (Å²) in [6, 6.07) is 3.37. The Balaban J connectivity index is 1.91. The number of benzene rings is 1. The summed E-state index contributed by atoms with van der Waals surface area (Å²) in [5, 5.41) is 21.8. The Morgan fingerprint density at radius 1 is 1.42 bits per heavy atom. The third kappa shape index (κ3) is 3.32. The molecule has 2 N–H and O–H groups in total. The van der Waals surface area contributed by atoms with Crippen molar-refractivity contribution in [2.24, 2.45) is 5.10 Å². The van der Waals surface area contributed by atoms with Crippen LogP contribution in [0.5, 0.6) is 11.5 Å². The summed E-state index contributed by atoms with van der Waals surface area (Å²) >= 11 is 11.5. The average molecular weight is 367 g/mol. The number of aromatic hydroxyl groups is 1. The van der Waals surface area contributed by atoms with Gasteiger partial charge in [0.1, 0.15) is 0 Å². The molecule has 1 aromatic heterocycles. The van der Waals surface area contributed by atoms with Crippen LogP contribution in [0.3, 0.4) is 0 Å². The first-order chi connectivity index (χ1) is 11.6. The Morgan fingerprint density at radius 3 is 2.88 bits per heavy atom. The van der Waals surface area contributed by atoms with Gasteiger partial charge < -0.3 is 9.84 Å². The van der Waals surface area contributed by atoms with E-state index in [-0.39, 0.29) is 10.8 Å². The van der Waals surface area contributed by atoms with Crippen LogP contribution in [0.25, 0.3) is 0 Å². The van der Waals surface area contributed by atoms with Crippen LogP contribution in [-0.2, 0) is 0 Å². The van der Waals surface area contributed by atoms with Crippen LogP contribution >= 0.6 is 23.8 Å². The van der Waals surface area contributed by atoms with E-state index in [1.54, 1.807) is 23.0 Å². The van der Waals surface area contributed by atoms with Gasteiger partial charge in [0, 0.05) is 11.5 Å². The maximum atomic E-state index is 9.98. The van der Waals surface area contributed by atoms with Crippen molar-refractivity contribution < 1.29 is 9.84 Å². The van der Waals surface area contributed by atoms with Gasteiger partial charge in [-0.05, 0) is 37.2 Å². The maximum absolute atomic E-state index is 9.98. The van der Waals surface area contributed by atoms with Gasteiger partial charge in [-0.2, -0.15) is 14.9 Å². The minimum atomic E-state index is -0.105. The van der Waals surface area contributed by atoms with Gasteiger partial charge >= 0.3 is 0 Å². The second-order valence-electron chi connectivity index (χ2n) is 5.80. The van der Waals surface area contributed by atoms with Gasteiger partial charge in [-0.15, -0.1) is 0 Å². The largest absolute Gasteiger partial charge is 0.503 e. The minimum Gasteiger partial charge on any atom is -0.503 e. The number of hydrogen-bond donors (Lipinski definition) is 2. The lowest BCUT2D eigenvalue weighted by atomic mass is 9.89. The molecule has 0 spiro atoms. The molecule has 0 atom stereocenters. The highest BCUT2D eigenvalue weighted by Gasteiger charge is 2.21. The number of rotatable bonds is 4. The fourth-order valence-electron chi connectivity index (χ4n) is 2.99. The minimum absolute atomic E-state index is 0.105. The molecule has 1 aliphatic carbocycles. The molecule has 2 aromatic rings. The molecule has 0 radical (unpaired) electrons. The Labute approximate surface area is 150 Å². The number of methoxy groups -OCH3 is 1. The molecule has 0 aliphatic heterocycles. The van der Waals surface area contributed by atoms with Crippen LogP contribution < -0.4 is 4.74 Å². The molecule has 0 amide bonds. The number of phenols is 1. The molecule has 1 aromatic carbocycles. The van der Waals surface area contributed by atoms with E-state index in [1.165, 1.54) is 26.4 Å². The Morgan fingerprint density at radius 2 is 2.17 bits per heavy atom. The lowest BCUT2D eigenvalue weighted by Gasteiger charge is -2.19. The predicted octanol–water partition coefficient (Wildman–Crippen LogP) is 4.24. The van der Waals surface area contributed by atoms with Crippen molar-refractivity contribution in [3.05, 3.63) is 33.3 Å². The van der Waals surface area contributed by atoms with E-state index < -0.39 is 0 Å². The van der Waals surface area contributed by atoms with Gasteiger partial charge in [-0.3, -0.25) is 5.10 Å². The Bertz CT molecular complexity index is 809. The van der Waals surface area contributed by atoms with Gasteiger partial charge in [0.2, 0.25) is 4.77 Å². The van der Waals surface area contributed by atoms with Gasteiger partial charge in [-0.25, -0.2) is 0 Å². The topological polar surface area (TPSA) is 75.4 Å². The first kappa shape index (κ1) is 17.0. The second kappa shape index (κ2) is 7.36. The van der Waals surface area contributed by atoms with Crippen LogP contribution in [0.4, 0.5) is 0 Å². The van der Waals surface area contributed by atoms with Gasteiger partial charge in [-0.1, -0.05) is 30.9 Å². The van der Waals surface area contributed by atoms with Crippen LogP contribution in [0.2, 0.25) is 5.02 Å². The third-order valence-electron chi connectivity index (χ3n) is 4.29. The molecule has 3 rings (SSSR count). The van der Waals surface area contributed by atoms with Crippen LogP contribution in [0.15, 0.2) is 17.2 Å². The van der Waals surface area contributed by atoms with Crippen molar-refractivity contribution >= 4 is 30.0 Å². The molecule has 24 heavy (non-hydrogen) atoms. The van der Waals surface area contributed by atoms with E-state index in [1.807, 2.05) is 0 Å². The monoisotopic (exact) mass is 366 g/mol. The number of nitrogens with zero attached hydrogens (tertiary/aromatic N) is 3. The quantitative estimate of drug-likeness (QED) is 0.627. The zero-order valence-corrected chi connectivity index (χ0v) is 14.9. The van der Waals surface area contributed by atoms with Gasteiger partial charge in [0.05, 0.1) is 18.3 Å². The van der Waals surface area contributed by atoms with Gasteiger partial charge in [0.25, 0.3) is 0 Å². The molecule has 0 saturated heterocycles. The highest BCUT2D eigenvalue weighted by molar-refractivity contribution is 7.71. The first-order valence-electron chi connectivity index (χ1n) is 7.89. The number of aromatic amines is 1. The summed E-state index contributed by atoms with van der Waals surface area (Å²) in [5.41, 5.74) is 0.577. The van der Waals surface area contributed by atoms with E-state index >= 15 is 0 Å². The Kier molecular flexibility index (Phi) is 5.20. The molecular weight excluding hydrogens is 348 g/mol. The summed E-state index contributed by atoms with van der Waals surface area (Å²) in [6.07, 6.45) is 7.43. The average Bonchev–Trinajstić information content (AvgIpc) is 2.98. The fraction of sp³-hybridized carbons (Fsp3) is 0.438. The predicted molar refractivity (Wildman–Crippen MR) is 95.9 cm³/mol. The zero-order valence-electron chi connectivity index (χ0n) is 13.3. The summed E-state index contributed by atoms with van der Waals surface area (Å²) in [4.78, 5) is 0. The second-order valence-corrected chi connectivity index (χ2v) is 6.56.